The van der Waals surface area contributed by atoms with Gasteiger partial charge >= 0.3 is 0 Å². The summed E-state index contributed by atoms with van der Waals surface area (Å²) in [4.78, 5) is 13.2. The topological polar surface area (TPSA) is 228 Å². The van der Waals surface area contributed by atoms with Crippen molar-refractivity contribution in [2.24, 2.45) is 0 Å². The van der Waals surface area contributed by atoms with E-state index >= 15 is 0 Å². The predicted molar refractivity (Wildman–Crippen MR) is 267 cm³/mol. The summed E-state index contributed by atoms with van der Waals surface area (Å²) < 4.78 is 22.7. The number of nitrogens with one attached hydrogen (secondary N) is 1. The third-order valence-corrected chi connectivity index (χ3v) is 12.6. The maximum Gasteiger partial charge on any atom is 0.220 e. The van der Waals surface area contributed by atoms with E-state index in [1.165, 1.54) is 70.6 Å². The predicted octanol–water partition coefficient (Wildman–Crippen LogP) is 7.44. The van der Waals surface area contributed by atoms with Crippen molar-refractivity contribution in [2.75, 3.05) is 19.8 Å². The number of aliphatic hydroxyl groups excluding tert-OH is 8. The Hall–Kier alpha value is -2.31. The van der Waals surface area contributed by atoms with E-state index in [0.717, 1.165) is 77.0 Å². The molecule has 0 saturated carbocycles. The lowest BCUT2D eigenvalue weighted by atomic mass is 9.97. The van der Waals surface area contributed by atoms with Crippen LogP contribution >= 0.6 is 0 Å². The summed E-state index contributed by atoms with van der Waals surface area (Å²) in [7, 11) is 0. The fourth-order valence-corrected chi connectivity index (χ4v) is 8.30. The normalized spacial score (nSPS) is 26.9. The van der Waals surface area contributed by atoms with Crippen molar-refractivity contribution in [2.45, 2.75) is 254 Å². The van der Waals surface area contributed by atoms with Crippen molar-refractivity contribution in [1.29, 1.82) is 0 Å². The van der Waals surface area contributed by atoms with E-state index in [4.69, 9.17) is 18.9 Å². The molecule has 0 aromatic carbocycles. The SMILES string of the molecule is CCC/C=C\C/C=C\CCCCCCCC(=O)NC(COC1OC(CO)C(OC2OC(CO)C(O)C(O)C2O)C(O)C1O)C(O)/C=C/CC/C=C/CC/C=C/CCCCCCCCCCCCC. The number of amides is 1. The van der Waals surface area contributed by atoms with E-state index in [1.54, 1.807) is 6.08 Å². The number of carbonyl (C=O) groups excluding carboxylic acids is 1. The molecule has 394 valence electrons. The number of carbonyl (C=O) groups is 1. The zero-order chi connectivity index (χ0) is 49.6. The number of hydrogen-bond donors (Lipinski definition) is 9. The summed E-state index contributed by atoms with van der Waals surface area (Å²) in [6.07, 6.45) is 32.7. The number of unbranched alkanes of at least 4 members (excludes halogenated alkanes) is 19. The molecule has 2 saturated heterocycles. The Morgan fingerprint density at radius 3 is 1.59 bits per heavy atom. The third-order valence-electron chi connectivity index (χ3n) is 12.6. The molecule has 0 spiro atoms. The minimum Gasteiger partial charge on any atom is -0.394 e. The summed E-state index contributed by atoms with van der Waals surface area (Å²) in [5.74, 6) is -0.271. The van der Waals surface area contributed by atoms with E-state index in [1.807, 2.05) is 6.08 Å². The first kappa shape index (κ1) is 61.8. The first-order chi connectivity index (χ1) is 33.1. The summed E-state index contributed by atoms with van der Waals surface area (Å²) in [5.41, 5.74) is 0. The van der Waals surface area contributed by atoms with Crippen LogP contribution in [0.3, 0.4) is 0 Å². The maximum absolute atomic E-state index is 13.2. The molecule has 12 unspecified atom stereocenters. The monoisotopic (exact) mass is 966 g/mol. The van der Waals surface area contributed by atoms with E-state index in [2.05, 4.69) is 67.8 Å². The summed E-state index contributed by atoms with van der Waals surface area (Å²) in [6, 6.07) is -0.946. The van der Waals surface area contributed by atoms with Crippen molar-refractivity contribution < 1.29 is 64.6 Å². The highest BCUT2D eigenvalue weighted by Crippen LogP contribution is 2.30. The molecule has 2 fully saturated rings. The van der Waals surface area contributed by atoms with Crippen molar-refractivity contribution in [3.63, 3.8) is 0 Å². The highest BCUT2D eigenvalue weighted by molar-refractivity contribution is 5.76. The largest absolute Gasteiger partial charge is 0.394 e. The Labute approximate surface area is 409 Å². The van der Waals surface area contributed by atoms with Gasteiger partial charge in [-0.1, -0.05) is 164 Å². The Morgan fingerprint density at radius 2 is 1.01 bits per heavy atom. The molecule has 14 heteroatoms. The maximum atomic E-state index is 13.2. The Balaban J connectivity index is 1.85. The summed E-state index contributed by atoms with van der Waals surface area (Å²) in [6.45, 7) is 2.67. The first-order valence-corrected chi connectivity index (χ1v) is 26.5. The van der Waals surface area contributed by atoms with Crippen LogP contribution < -0.4 is 5.32 Å². The minimum absolute atomic E-state index is 0.251. The quantitative estimate of drug-likeness (QED) is 0.0215. The molecule has 0 radical (unpaired) electrons. The number of rotatable bonds is 40. The molecule has 2 heterocycles. The van der Waals surface area contributed by atoms with Crippen LogP contribution in [0.15, 0.2) is 60.8 Å². The molecule has 0 aliphatic carbocycles. The van der Waals surface area contributed by atoms with Gasteiger partial charge in [0.15, 0.2) is 12.6 Å². The van der Waals surface area contributed by atoms with Crippen molar-refractivity contribution in [3.8, 4) is 0 Å². The number of allylic oxidation sites excluding steroid dienone is 9. The van der Waals surface area contributed by atoms with Crippen LogP contribution in [-0.4, -0.2) is 140 Å². The van der Waals surface area contributed by atoms with Gasteiger partial charge in [0, 0.05) is 6.42 Å². The van der Waals surface area contributed by atoms with Crippen LogP contribution in [0.25, 0.3) is 0 Å². The fraction of sp³-hybridized carbons (Fsp3) is 0.796. The smallest absolute Gasteiger partial charge is 0.220 e. The van der Waals surface area contributed by atoms with E-state index < -0.39 is 86.8 Å². The first-order valence-electron chi connectivity index (χ1n) is 26.5. The van der Waals surface area contributed by atoms with Crippen LogP contribution in [-0.2, 0) is 23.7 Å². The van der Waals surface area contributed by atoms with Gasteiger partial charge in [-0.3, -0.25) is 4.79 Å². The highest BCUT2D eigenvalue weighted by Gasteiger charge is 2.51. The van der Waals surface area contributed by atoms with Crippen molar-refractivity contribution in [3.05, 3.63) is 60.8 Å². The van der Waals surface area contributed by atoms with Crippen LogP contribution in [0.4, 0.5) is 0 Å². The van der Waals surface area contributed by atoms with Gasteiger partial charge in [-0.2, -0.15) is 0 Å². The summed E-state index contributed by atoms with van der Waals surface area (Å²) >= 11 is 0. The van der Waals surface area contributed by atoms with Gasteiger partial charge in [-0.15, -0.1) is 0 Å². The van der Waals surface area contributed by atoms with Crippen LogP contribution in [0.5, 0.6) is 0 Å². The van der Waals surface area contributed by atoms with Crippen LogP contribution in [0.2, 0.25) is 0 Å². The van der Waals surface area contributed by atoms with Crippen molar-refractivity contribution in [1.82, 2.24) is 5.32 Å². The van der Waals surface area contributed by atoms with Crippen LogP contribution in [0.1, 0.15) is 181 Å². The van der Waals surface area contributed by atoms with E-state index in [-0.39, 0.29) is 18.9 Å². The Morgan fingerprint density at radius 1 is 0.529 bits per heavy atom. The Bertz CT molecular complexity index is 1370. The van der Waals surface area contributed by atoms with E-state index in [9.17, 15) is 45.6 Å². The van der Waals surface area contributed by atoms with Gasteiger partial charge in [-0.05, 0) is 70.6 Å². The molecule has 0 bridgehead atoms. The summed E-state index contributed by atoms with van der Waals surface area (Å²) in [5, 5.41) is 86.7. The highest BCUT2D eigenvalue weighted by atomic mass is 16.7. The average molecular weight is 966 g/mol. The molecule has 0 aromatic heterocycles. The van der Waals surface area contributed by atoms with Gasteiger partial charge in [-0.25, -0.2) is 0 Å². The molecule has 68 heavy (non-hydrogen) atoms. The van der Waals surface area contributed by atoms with Crippen molar-refractivity contribution >= 4 is 5.91 Å². The molecule has 0 aromatic rings. The fourth-order valence-electron chi connectivity index (χ4n) is 8.30. The lowest BCUT2D eigenvalue weighted by Crippen LogP contribution is -2.65. The second kappa shape index (κ2) is 40.3. The zero-order valence-corrected chi connectivity index (χ0v) is 41.8. The minimum atomic E-state index is -1.79. The molecular weight excluding hydrogens is 871 g/mol. The molecule has 12 atom stereocenters. The standard InChI is InChI=1S/C54H95NO13/c1-3-5-7-9-11-13-15-17-18-19-20-21-22-23-24-26-27-29-31-33-35-37-43(58)42(55-46(59)38-36-34-32-30-28-25-16-14-12-10-8-6-4-2)41-65-53-51(64)49(62)52(45(40-57)67-53)68-54-50(63)48(61)47(60)44(39-56)66-54/h8,10,14,16,22-23,27,29,35,37,42-45,47-54,56-58,60-64H,3-7,9,11-13,15,17-21,24-26,28,30-34,36,38-41H2,1-2H3,(H,55,59)/b10-8-,16-14-,23-22+,29-27+,37-35+. The van der Waals surface area contributed by atoms with Crippen LogP contribution in [0, 0.1) is 0 Å². The molecule has 1 amide bonds. The van der Waals surface area contributed by atoms with Gasteiger partial charge < -0.3 is 65.1 Å². The number of ether oxygens (including phenoxy) is 4. The molecule has 9 N–H and O–H groups in total. The molecule has 2 aliphatic rings. The Kier molecular flexibility index (Phi) is 36.6. The lowest BCUT2D eigenvalue weighted by Gasteiger charge is -2.46. The number of hydrogen-bond acceptors (Lipinski definition) is 13. The van der Waals surface area contributed by atoms with Gasteiger partial charge in [0.2, 0.25) is 5.91 Å². The van der Waals surface area contributed by atoms with Gasteiger partial charge in [0.05, 0.1) is 32.0 Å². The third kappa shape index (κ3) is 26.8. The lowest BCUT2D eigenvalue weighted by molar-refractivity contribution is -0.359. The second-order valence-corrected chi connectivity index (χ2v) is 18.6. The molecule has 2 aliphatic heterocycles. The van der Waals surface area contributed by atoms with Gasteiger partial charge in [0.1, 0.15) is 48.8 Å². The van der Waals surface area contributed by atoms with E-state index in [0.29, 0.717) is 12.8 Å². The molecule has 14 nitrogen and oxygen atoms in total. The molecular formula is C54H95NO13. The second-order valence-electron chi connectivity index (χ2n) is 18.6. The molecule has 2 rings (SSSR count). The number of aliphatic hydroxyl groups is 8. The van der Waals surface area contributed by atoms with Gasteiger partial charge in [0.25, 0.3) is 0 Å². The average Bonchev–Trinajstić information content (AvgIpc) is 3.34. The zero-order valence-electron chi connectivity index (χ0n) is 41.8.